The molecule has 3 nitrogen and oxygen atoms in total. The van der Waals surface area contributed by atoms with Gasteiger partial charge in [0.15, 0.2) is 0 Å². The van der Waals surface area contributed by atoms with E-state index in [1.165, 1.54) is 0 Å². The first kappa shape index (κ1) is 15.8. The van der Waals surface area contributed by atoms with Gasteiger partial charge in [-0.25, -0.2) is 0 Å². The summed E-state index contributed by atoms with van der Waals surface area (Å²) in [5, 5.41) is 3.50. The fourth-order valence-electron chi connectivity index (χ4n) is 2.40. The minimum Gasteiger partial charge on any atom is -0.324 e. The van der Waals surface area contributed by atoms with Crippen molar-refractivity contribution in [1.82, 2.24) is 10.2 Å². The van der Waals surface area contributed by atoms with Crippen molar-refractivity contribution in [3.8, 4) is 0 Å². The molecule has 0 radical (unpaired) electrons. The van der Waals surface area contributed by atoms with Crippen LogP contribution in [0, 0.1) is 5.92 Å². The van der Waals surface area contributed by atoms with Gasteiger partial charge in [-0.2, -0.15) is 11.8 Å². The van der Waals surface area contributed by atoms with Crippen LogP contribution in [0.4, 0.5) is 0 Å². The SMILES string of the molecule is CCCC1NC(C(C)C)N(CC(C)(C)SC)C1=O. The first-order valence-electron chi connectivity index (χ1n) is 6.94. The van der Waals surface area contributed by atoms with Crippen LogP contribution < -0.4 is 5.32 Å². The van der Waals surface area contributed by atoms with Crippen LogP contribution in [0.2, 0.25) is 0 Å². The lowest BCUT2D eigenvalue weighted by Gasteiger charge is -2.34. The average molecular weight is 272 g/mol. The van der Waals surface area contributed by atoms with E-state index in [1.54, 1.807) is 0 Å². The lowest BCUT2D eigenvalue weighted by atomic mass is 10.1. The molecule has 0 saturated carbocycles. The standard InChI is InChI=1S/C14H28N2OS/c1-7-8-11-13(17)16(9-14(4,5)18-6)12(15-11)10(2)3/h10-12,15H,7-9H2,1-6H3. The van der Waals surface area contributed by atoms with Crippen LogP contribution in [0.25, 0.3) is 0 Å². The number of thioether (sulfide) groups is 1. The van der Waals surface area contributed by atoms with Crippen molar-refractivity contribution in [2.24, 2.45) is 5.92 Å². The molecule has 0 aliphatic carbocycles. The van der Waals surface area contributed by atoms with E-state index >= 15 is 0 Å². The Labute approximate surface area is 116 Å². The third-order valence-corrected chi connectivity index (χ3v) is 4.84. The monoisotopic (exact) mass is 272 g/mol. The number of nitrogens with one attached hydrogen (secondary N) is 1. The summed E-state index contributed by atoms with van der Waals surface area (Å²) >= 11 is 1.82. The summed E-state index contributed by atoms with van der Waals surface area (Å²) in [6.45, 7) is 11.7. The zero-order valence-corrected chi connectivity index (χ0v) is 13.4. The van der Waals surface area contributed by atoms with Gasteiger partial charge >= 0.3 is 0 Å². The van der Waals surface area contributed by atoms with Gasteiger partial charge in [0.2, 0.25) is 5.91 Å². The fraction of sp³-hybridized carbons (Fsp3) is 0.929. The third kappa shape index (κ3) is 3.64. The number of hydrogen-bond acceptors (Lipinski definition) is 3. The molecule has 0 aromatic heterocycles. The first-order valence-corrected chi connectivity index (χ1v) is 8.16. The smallest absolute Gasteiger partial charge is 0.241 e. The lowest BCUT2D eigenvalue weighted by molar-refractivity contribution is -0.130. The van der Waals surface area contributed by atoms with Gasteiger partial charge in [0.05, 0.1) is 12.2 Å². The highest BCUT2D eigenvalue weighted by atomic mass is 32.2. The summed E-state index contributed by atoms with van der Waals surface area (Å²) in [5.74, 6) is 0.742. The molecule has 4 heteroatoms. The Balaban J connectivity index is 2.81. The summed E-state index contributed by atoms with van der Waals surface area (Å²) in [6.07, 6.45) is 4.30. The molecule has 1 fully saturated rings. The molecule has 1 N–H and O–H groups in total. The molecule has 106 valence electrons. The molecule has 0 aromatic rings. The number of hydrogen-bond donors (Lipinski definition) is 1. The van der Waals surface area contributed by atoms with Crippen LogP contribution in [0.1, 0.15) is 47.5 Å². The van der Waals surface area contributed by atoms with E-state index in [2.05, 4.69) is 51.1 Å². The van der Waals surface area contributed by atoms with Gasteiger partial charge in [0.25, 0.3) is 0 Å². The fourth-order valence-corrected chi connectivity index (χ4v) is 2.67. The summed E-state index contributed by atoms with van der Waals surface area (Å²) in [4.78, 5) is 14.5. The van der Waals surface area contributed by atoms with E-state index in [1.807, 2.05) is 11.8 Å². The zero-order chi connectivity index (χ0) is 13.9. The maximum atomic E-state index is 12.5. The van der Waals surface area contributed by atoms with E-state index in [0.717, 1.165) is 19.4 Å². The number of amides is 1. The van der Waals surface area contributed by atoms with Crippen molar-refractivity contribution in [2.75, 3.05) is 12.8 Å². The number of carbonyl (C=O) groups is 1. The highest BCUT2D eigenvalue weighted by Crippen LogP contribution is 2.28. The van der Waals surface area contributed by atoms with Crippen molar-refractivity contribution in [3.05, 3.63) is 0 Å². The molecule has 1 aliphatic heterocycles. The topological polar surface area (TPSA) is 32.3 Å². The predicted molar refractivity (Wildman–Crippen MR) is 79.8 cm³/mol. The molecular weight excluding hydrogens is 244 g/mol. The largest absolute Gasteiger partial charge is 0.324 e. The van der Waals surface area contributed by atoms with Crippen molar-refractivity contribution < 1.29 is 4.79 Å². The summed E-state index contributed by atoms with van der Waals surface area (Å²) in [5.41, 5.74) is 0. The van der Waals surface area contributed by atoms with E-state index in [4.69, 9.17) is 0 Å². The van der Waals surface area contributed by atoms with Gasteiger partial charge in [-0.15, -0.1) is 0 Å². The molecule has 0 spiro atoms. The Bertz CT molecular complexity index is 292. The Kier molecular flexibility index (Phi) is 5.53. The molecule has 1 rings (SSSR count). The Hall–Kier alpha value is -0.220. The molecule has 1 saturated heterocycles. The molecule has 18 heavy (non-hydrogen) atoms. The number of nitrogens with zero attached hydrogens (tertiary/aromatic N) is 1. The second kappa shape index (κ2) is 6.29. The van der Waals surface area contributed by atoms with Gasteiger partial charge in [0.1, 0.15) is 0 Å². The highest BCUT2D eigenvalue weighted by Gasteiger charge is 2.41. The van der Waals surface area contributed by atoms with Gasteiger partial charge in [-0.3, -0.25) is 10.1 Å². The Morgan fingerprint density at radius 3 is 2.50 bits per heavy atom. The van der Waals surface area contributed by atoms with Crippen LogP contribution in [0.15, 0.2) is 0 Å². The van der Waals surface area contributed by atoms with E-state index in [-0.39, 0.29) is 22.9 Å². The van der Waals surface area contributed by atoms with Crippen molar-refractivity contribution in [3.63, 3.8) is 0 Å². The molecule has 1 amide bonds. The van der Waals surface area contributed by atoms with Crippen LogP contribution in [0.5, 0.6) is 0 Å². The van der Waals surface area contributed by atoms with Crippen LogP contribution in [-0.4, -0.2) is 40.6 Å². The third-order valence-electron chi connectivity index (χ3n) is 3.60. The molecule has 2 atom stereocenters. The van der Waals surface area contributed by atoms with E-state index < -0.39 is 0 Å². The molecule has 0 aromatic carbocycles. The van der Waals surface area contributed by atoms with Gasteiger partial charge in [-0.05, 0) is 32.4 Å². The van der Waals surface area contributed by atoms with Crippen LogP contribution in [-0.2, 0) is 4.79 Å². The lowest BCUT2D eigenvalue weighted by Crippen LogP contribution is -2.46. The maximum Gasteiger partial charge on any atom is 0.241 e. The van der Waals surface area contributed by atoms with E-state index in [0.29, 0.717) is 5.92 Å². The first-order chi connectivity index (χ1) is 8.32. The summed E-state index contributed by atoms with van der Waals surface area (Å²) < 4.78 is 0.117. The molecular formula is C14H28N2OS. The number of rotatable bonds is 6. The second-order valence-electron chi connectivity index (χ2n) is 6.13. The summed E-state index contributed by atoms with van der Waals surface area (Å²) in [7, 11) is 0. The normalized spacial score (nSPS) is 25.3. The molecule has 1 heterocycles. The van der Waals surface area contributed by atoms with E-state index in [9.17, 15) is 4.79 Å². The van der Waals surface area contributed by atoms with Crippen molar-refractivity contribution in [1.29, 1.82) is 0 Å². The quantitative estimate of drug-likeness (QED) is 0.807. The molecule has 1 aliphatic rings. The average Bonchev–Trinajstić information content (AvgIpc) is 2.58. The minimum absolute atomic E-state index is 0.0278. The van der Waals surface area contributed by atoms with Crippen LogP contribution >= 0.6 is 11.8 Å². The Morgan fingerprint density at radius 1 is 1.44 bits per heavy atom. The van der Waals surface area contributed by atoms with Gasteiger partial charge in [0, 0.05) is 11.3 Å². The second-order valence-corrected chi connectivity index (χ2v) is 7.64. The van der Waals surface area contributed by atoms with Gasteiger partial charge in [-0.1, -0.05) is 27.2 Å². The minimum atomic E-state index is 0.0278. The molecule has 2 unspecified atom stereocenters. The maximum absolute atomic E-state index is 12.5. The Morgan fingerprint density at radius 2 is 2.06 bits per heavy atom. The molecule has 0 bridgehead atoms. The van der Waals surface area contributed by atoms with Crippen molar-refractivity contribution >= 4 is 17.7 Å². The zero-order valence-electron chi connectivity index (χ0n) is 12.6. The summed E-state index contributed by atoms with van der Waals surface area (Å²) in [6, 6.07) is 0.0278. The van der Waals surface area contributed by atoms with Crippen LogP contribution in [0.3, 0.4) is 0 Å². The predicted octanol–water partition coefficient (Wildman–Crippen LogP) is 2.71. The highest BCUT2D eigenvalue weighted by molar-refractivity contribution is 7.99. The van der Waals surface area contributed by atoms with Gasteiger partial charge < -0.3 is 4.90 Å². The number of carbonyl (C=O) groups excluding carboxylic acids is 1. The van der Waals surface area contributed by atoms with Crippen molar-refractivity contribution in [2.45, 2.75) is 64.4 Å².